The summed E-state index contributed by atoms with van der Waals surface area (Å²) in [6.45, 7) is -0.457. The van der Waals surface area contributed by atoms with Gasteiger partial charge < -0.3 is 14.5 Å². The Hall–Kier alpha value is -1.61. The maximum Gasteiger partial charge on any atom is 0.331 e. The number of nitrogens with one attached hydrogen (secondary N) is 1. The van der Waals surface area contributed by atoms with Gasteiger partial charge >= 0.3 is 5.97 Å². The molecule has 7 nitrogen and oxygen atoms in total. The lowest BCUT2D eigenvalue weighted by molar-refractivity contribution is -0.144. The molecule has 0 radical (unpaired) electrons. The molecule has 0 saturated carbocycles. The largest absolute Gasteiger partial charge is 0.452 e. The summed E-state index contributed by atoms with van der Waals surface area (Å²) < 4.78 is 32.9. The summed E-state index contributed by atoms with van der Waals surface area (Å²) in [5.74, 6) is -0.755. The number of amides is 1. The predicted octanol–water partition coefficient (Wildman–Crippen LogP) is 0.902. The molecule has 9 heteroatoms. The van der Waals surface area contributed by atoms with E-state index in [0.29, 0.717) is 16.9 Å². The maximum atomic E-state index is 11.6. The molecule has 1 aliphatic heterocycles. The van der Waals surface area contributed by atoms with E-state index in [9.17, 15) is 18.0 Å². The molecule has 1 fully saturated rings. The first kappa shape index (κ1) is 16.8. The highest BCUT2D eigenvalue weighted by atomic mass is 79.9. The van der Waals surface area contributed by atoms with Crippen LogP contribution in [0.25, 0.3) is 6.08 Å². The fraction of sp³-hybridized carbons (Fsp3) is 0.385. The second-order valence-corrected chi connectivity index (χ2v) is 7.76. The van der Waals surface area contributed by atoms with E-state index in [-0.39, 0.29) is 11.5 Å². The quantitative estimate of drug-likeness (QED) is 0.590. The first-order valence-corrected chi connectivity index (χ1v) is 9.05. The normalized spacial score (nSPS) is 20.1. The Morgan fingerprint density at radius 3 is 2.82 bits per heavy atom. The summed E-state index contributed by atoms with van der Waals surface area (Å²) in [5, 5.41) is 2.52. The minimum Gasteiger partial charge on any atom is -0.452 e. The van der Waals surface area contributed by atoms with Crippen LogP contribution in [0.1, 0.15) is 12.2 Å². The molecule has 1 amide bonds. The molecule has 1 atom stereocenters. The van der Waals surface area contributed by atoms with Crippen molar-refractivity contribution < 1.29 is 27.2 Å². The van der Waals surface area contributed by atoms with Gasteiger partial charge in [-0.25, -0.2) is 13.2 Å². The van der Waals surface area contributed by atoms with Gasteiger partial charge in [-0.05, 0) is 40.6 Å². The van der Waals surface area contributed by atoms with Crippen LogP contribution in [0, 0.1) is 0 Å². The lowest BCUT2D eigenvalue weighted by Gasteiger charge is -2.10. The van der Waals surface area contributed by atoms with E-state index < -0.39 is 34.4 Å². The van der Waals surface area contributed by atoms with Crippen LogP contribution in [-0.2, 0) is 24.2 Å². The first-order valence-electron chi connectivity index (χ1n) is 6.44. The fourth-order valence-corrected chi connectivity index (χ4v) is 3.92. The lowest BCUT2D eigenvalue weighted by atomic mass is 10.2. The van der Waals surface area contributed by atoms with Crippen LogP contribution in [-0.4, -0.2) is 44.4 Å². The van der Waals surface area contributed by atoms with Crippen molar-refractivity contribution >= 4 is 43.7 Å². The standard InChI is InChI=1S/C13H14BrNO6S/c14-11-3-1-10(21-11)2-4-13(17)20-7-12(16)15-9-5-6-22(18,19)8-9/h1-4,9H,5-8H2,(H,15,16)/b4-2+. The van der Waals surface area contributed by atoms with Gasteiger partial charge in [0.1, 0.15) is 5.76 Å². The number of ether oxygens (including phenoxy) is 1. The third kappa shape index (κ3) is 5.30. The molecule has 0 aliphatic carbocycles. The second-order valence-electron chi connectivity index (χ2n) is 4.75. The van der Waals surface area contributed by atoms with Crippen molar-refractivity contribution in [2.45, 2.75) is 12.5 Å². The molecular formula is C13H14BrNO6S. The van der Waals surface area contributed by atoms with E-state index in [1.165, 1.54) is 6.08 Å². The SMILES string of the molecule is O=C(COC(=O)/C=C/c1ccc(Br)o1)NC1CCS(=O)(=O)C1. The zero-order valence-electron chi connectivity index (χ0n) is 11.5. The Bertz CT molecular complexity index is 693. The van der Waals surface area contributed by atoms with Gasteiger partial charge in [-0.3, -0.25) is 4.79 Å². The van der Waals surface area contributed by atoms with Gasteiger partial charge in [0.05, 0.1) is 11.5 Å². The van der Waals surface area contributed by atoms with Crippen molar-refractivity contribution in [3.05, 3.63) is 28.6 Å². The summed E-state index contributed by atoms with van der Waals surface area (Å²) in [6.07, 6.45) is 2.93. The van der Waals surface area contributed by atoms with Crippen LogP contribution in [0.15, 0.2) is 27.3 Å². The lowest BCUT2D eigenvalue weighted by Crippen LogP contribution is -2.38. The van der Waals surface area contributed by atoms with Crippen molar-refractivity contribution in [3.63, 3.8) is 0 Å². The van der Waals surface area contributed by atoms with Gasteiger partial charge in [-0.2, -0.15) is 0 Å². The van der Waals surface area contributed by atoms with E-state index in [2.05, 4.69) is 21.2 Å². The summed E-state index contributed by atoms with van der Waals surface area (Å²) in [6, 6.07) is 2.92. The number of sulfone groups is 1. The highest BCUT2D eigenvalue weighted by molar-refractivity contribution is 9.10. The zero-order valence-corrected chi connectivity index (χ0v) is 13.9. The predicted molar refractivity (Wildman–Crippen MR) is 81.6 cm³/mol. The monoisotopic (exact) mass is 391 g/mol. The average Bonchev–Trinajstić information content (AvgIpc) is 3.00. The van der Waals surface area contributed by atoms with E-state index >= 15 is 0 Å². The Morgan fingerprint density at radius 2 is 2.23 bits per heavy atom. The average molecular weight is 392 g/mol. The van der Waals surface area contributed by atoms with Crippen molar-refractivity contribution in [1.29, 1.82) is 0 Å². The van der Waals surface area contributed by atoms with Gasteiger partial charge in [0.25, 0.3) is 5.91 Å². The molecule has 1 aliphatic rings. The molecule has 1 unspecified atom stereocenters. The fourth-order valence-electron chi connectivity index (χ4n) is 1.93. The van der Waals surface area contributed by atoms with Crippen molar-refractivity contribution in [2.24, 2.45) is 0 Å². The molecule has 2 heterocycles. The van der Waals surface area contributed by atoms with E-state index in [0.717, 1.165) is 6.08 Å². The molecule has 22 heavy (non-hydrogen) atoms. The number of carbonyl (C=O) groups is 2. The van der Waals surface area contributed by atoms with Gasteiger partial charge in [0, 0.05) is 12.1 Å². The van der Waals surface area contributed by atoms with Crippen LogP contribution >= 0.6 is 15.9 Å². The Kier molecular flexibility index (Phi) is 5.41. The molecule has 120 valence electrons. The van der Waals surface area contributed by atoms with Crippen LogP contribution in [0.4, 0.5) is 0 Å². The topological polar surface area (TPSA) is 103 Å². The number of halogens is 1. The zero-order chi connectivity index (χ0) is 16.2. The molecule has 1 aromatic heterocycles. The van der Waals surface area contributed by atoms with Crippen LogP contribution < -0.4 is 5.32 Å². The maximum absolute atomic E-state index is 11.6. The molecule has 1 N–H and O–H groups in total. The molecule has 1 saturated heterocycles. The van der Waals surface area contributed by atoms with E-state index in [1.807, 2.05) is 0 Å². The van der Waals surface area contributed by atoms with Crippen molar-refractivity contribution in [1.82, 2.24) is 5.32 Å². The molecular weight excluding hydrogens is 378 g/mol. The van der Waals surface area contributed by atoms with Gasteiger partial charge in [0.15, 0.2) is 21.1 Å². The number of carbonyl (C=O) groups excluding carboxylic acids is 2. The molecule has 0 bridgehead atoms. The molecule has 0 aromatic carbocycles. The molecule has 1 aromatic rings. The summed E-state index contributed by atoms with van der Waals surface area (Å²) in [4.78, 5) is 23.0. The van der Waals surface area contributed by atoms with Gasteiger partial charge in [-0.1, -0.05) is 0 Å². The minimum atomic E-state index is -3.06. The third-order valence-electron chi connectivity index (χ3n) is 2.92. The van der Waals surface area contributed by atoms with E-state index in [1.54, 1.807) is 12.1 Å². The summed E-state index contributed by atoms with van der Waals surface area (Å²) in [5.41, 5.74) is 0. The number of hydrogen-bond acceptors (Lipinski definition) is 6. The first-order chi connectivity index (χ1) is 10.3. The number of hydrogen-bond donors (Lipinski definition) is 1. The minimum absolute atomic E-state index is 0.0686. The Morgan fingerprint density at radius 1 is 1.45 bits per heavy atom. The number of rotatable bonds is 5. The van der Waals surface area contributed by atoms with Crippen molar-refractivity contribution in [2.75, 3.05) is 18.1 Å². The second kappa shape index (κ2) is 7.10. The smallest absolute Gasteiger partial charge is 0.331 e. The van der Waals surface area contributed by atoms with Gasteiger partial charge in [-0.15, -0.1) is 0 Å². The summed E-state index contributed by atoms with van der Waals surface area (Å²) >= 11 is 3.13. The van der Waals surface area contributed by atoms with Gasteiger partial charge in [0.2, 0.25) is 0 Å². The Balaban J connectivity index is 1.72. The van der Waals surface area contributed by atoms with Crippen LogP contribution in [0.3, 0.4) is 0 Å². The van der Waals surface area contributed by atoms with Crippen LogP contribution in [0.5, 0.6) is 0 Å². The highest BCUT2D eigenvalue weighted by Crippen LogP contribution is 2.15. The molecule has 0 spiro atoms. The Labute approximate surface area is 135 Å². The van der Waals surface area contributed by atoms with E-state index in [4.69, 9.17) is 9.15 Å². The number of furan rings is 1. The van der Waals surface area contributed by atoms with Crippen molar-refractivity contribution in [3.8, 4) is 0 Å². The molecule has 2 rings (SSSR count). The van der Waals surface area contributed by atoms with Crippen LogP contribution in [0.2, 0.25) is 0 Å². The number of esters is 1. The highest BCUT2D eigenvalue weighted by Gasteiger charge is 2.28. The third-order valence-corrected chi connectivity index (χ3v) is 5.11. The summed E-state index contributed by atoms with van der Waals surface area (Å²) in [7, 11) is -3.06.